The largest absolute Gasteiger partial charge is 0.497 e. The Morgan fingerprint density at radius 2 is 1.50 bits per heavy atom. The van der Waals surface area contributed by atoms with E-state index >= 15 is 0 Å². The van der Waals surface area contributed by atoms with E-state index < -0.39 is 0 Å². The van der Waals surface area contributed by atoms with Gasteiger partial charge < -0.3 is 10.1 Å². The maximum Gasteiger partial charge on any atom is 0.133 e. The summed E-state index contributed by atoms with van der Waals surface area (Å²) in [7, 11) is 1.66. The molecule has 1 N–H and O–H groups in total. The van der Waals surface area contributed by atoms with Gasteiger partial charge in [0.05, 0.1) is 13.7 Å². The van der Waals surface area contributed by atoms with Gasteiger partial charge in [-0.15, -0.1) is 0 Å². The van der Waals surface area contributed by atoms with E-state index in [1.54, 1.807) is 7.11 Å². The van der Waals surface area contributed by atoms with E-state index in [2.05, 4.69) is 24.0 Å². The second-order valence-electron chi connectivity index (χ2n) is 5.85. The van der Waals surface area contributed by atoms with Crippen LogP contribution in [0.5, 0.6) is 5.75 Å². The van der Waals surface area contributed by atoms with Crippen molar-refractivity contribution in [2.75, 3.05) is 12.4 Å². The highest BCUT2D eigenvalue weighted by Crippen LogP contribution is 2.20. The minimum Gasteiger partial charge on any atom is -0.497 e. The van der Waals surface area contributed by atoms with Crippen LogP contribution in [-0.2, 0) is 6.54 Å². The summed E-state index contributed by atoms with van der Waals surface area (Å²) < 4.78 is 5.23. The number of anilines is 1. The first-order valence-corrected chi connectivity index (χ1v) is 8.50. The molecule has 0 aliphatic rings. The van der Waals surface area contributed by atoms with Crippen molar-refractivity contribution in [3.05, 3.63) is 103 Å². The monoisotopic (exact) mass is 342 g/mol. The summed E-state index contributed by atoms with van der Waals surface area (Å²) in [5.74, 6) is 1.57. The van der Waals surface area contributed by atoms with Gasteiger partial charge in [-0.1, -0.05) is 67.2 Å². The highest BCUT2D eigenvalue weighted by molar-refractivity contribution is 6.27. The lowest BCUT2D eigenvalue weighted by Crippen LogP contribution is -2.14. The van der Waals surface area contributed by atoms with E-state index in [9.17, 15) is 0 Å². The Balaban J connectivity index is 1.86. The van der Waals surface area contributed by atoms with E-state index in [4.69, 9.17) is 9.73 Å². The number of amidine groups is 1. The van der Waals surface area contributed by atoms with Crippen molar-refractivity contribution in [2.24, 2.45) is 4.99 Å². The van der Waals surface area contributed by atoms with Crippen molar-refractivity contribution in [1.29, 1.82) is 0 Å². The zero-order valence-electron chi connectivity index (χ0n) is 14.9. The Kier molecular flexibility index (Phi) is 5.84. The summed E-state index contributed by atoms with van der Waals surface area (Å²) in [5.41, 5.74) is 3.98. The van der Waals surface area contributed by atoms with Gasteiger partial charge in [0.25, 0.3) is 0 Å². The van der Waals surface area contributed by atoms with E-state index in [0.29, 0.717) is 6.54 Å². The molecule has 0 saturated heterocycles. The molecule has 3 nitrogen and oxygen atoms in total. The standard InChI is InChI=1S/C23H22N2O/c1-18(20-13-15-22(26-2)16-14-20)23(25-21-11-7-4-8-12-21)24-17-19-9-5-3-6-10-19/h3-16H,1,17H2,2H3,(H,24,25). The number of nitrogens with zero attached hydrogens (tertiary/aromatic N) is 1. The number of rotatable bonds is 6. The van der Waals surface area contributed by atoms with Crippen molar-refractivity contribution in [1.82, 2.24) is 0 Å². The van der Waals surface area contributed by atoms with Gasteiger partial charge in [0.2, 0.25) is 0 Å². The van der Waals surface area contributed by atoms with Crippen molar-refractivity contribution >= 4 is 17.1 Å². The number of para-hydroxylation sites is 1. The number of nitrogens with one attached hydrogen (secondary N) is 1. The molecule has 3 rings (SSSR count). The fraction of sp³-hybridized carbons (Fsp3) is 0.0870. The number of methoxy groups -OCH3 is 1. The molecular formula is C23H22N2O. The van der Waals surface area contributed by atoms with Gasteiger partial charge in [0, 0.05) is 11.3 Å². The van der Waals surface area contributed by atoms with E-state index in [1.807, 2.05) is 72.8 Å². The Hall–Kier alpha value is -3.33. The average molecular weight is 342 g/mol. The SMILES string of the molecule is C=C(C(=NCc1ccccc1)Nc1ccccc1)c1ccc(OC)cc1. The molecule has 0 aliphatic heterocycles. The van der Waals surface area contributed by atoms with Crippen LogP contribution in [0.15, 0.2) is 96.5 Å². The lowest BCUT2D eigenvalue weighted by Gasteiger charge is -2.14. The topological polar surface area (TPSA) is 33.6 Å². The predicted octanol–water partition coefficient (Wildman–Crippen LogP) is 5.42. The summed E-state index contributed by atoms with van der Waals surface area (Å²) >= 11 is 0. The second-order valence-corrected chi connectivity index (χ2v) is 5.85. The van der Waals surface area contributed by atoms with Crippen LogP contribution in [0, 0.1) is 0 Å². The van der Waals surface area contributed by atoms with Crippen LogP contribution in [0.1, 0.15) is 11.1 Å². The van der Waals surface area contributed by atoms with Gasteiger partial charge >= 0.3 is 0 Å². The van der Waals surface area contributed by atoms with Gasteiger partial charge in [0.15, 0.2) is 0 Å². The van der Waals surface area contributed by atoms with Crippen LogP contribution in [0.3, 0.4) is 0 Å². The average Bonchev–Trinajstić information content (AvgIpc) is 2.72. The molecule has 130 valence electrons. The lowest BCUT2D eigenvalue weighted by molar-refractivity contribution is 0.415. The first kappa shape index (κ1) is 17.5. The van der Waals surface area contributed by atoms with Gasteiger partial charge in [-0.2, -0.15) is 0 Å². The third-order valence-corrected chi connectivity index (χ3v) is 4.02. The first-order valence-electron chi connectivity index (χ1n) is 8.50. The maximum atomic E-state index is 5.23. The molecule has 0 spiro atoms. The number of aliphatic imine (C=N–C) groups is 1. The summed E-state index contributed by atoms with van der Waals surface area (Å²) in [5, 5.41) is 3.40. The molecule has 0 unspecified atom stereocenters. The summed E-state index contributed by atoms with van der Waals surface area (Å²) in [4.78, 5) is 4.78. The molecule has 0 radical (unpaired) electrons. The molecule has 0 atom stereocenters. The molecule has 26 heavy (non-hydrogen) atoms. The summed E-state index contributed by atoms with van der Waals surface area (Å²) in [6.45, 7) is 4.84. The van der Waals surface area contributed by atoms with Crippen molar-refractivity contribution < 1.29 is 4.74 Å². The van der Waals surface area contributed by atoms with Gasteiger partial charge in [-0.25, -0.2) is 0 Å². The fourth-order valence-electron chi connectivity index (χ4n) is 2.55. The smallest absolute Gasteiger partial charge is 0.133 e. The molecule has 0 bridgehead atoms. The molecule has 0 amide bonds. The van der Waals surface area contributed by atoms with Gasteiger partial charge in [-0.3, -0.25) is 4.99 Å². The molecule has 0 fully saturated rings. The highest BCUT2D eigenvalue weighted by Gasteiger charge is 2.09. The molecule has 3 aromatic carbocycles. The molecule has 3 heteroatoms. The minimum absolute atomic E-state index is 0.588. The number of hydrogen-bond acceptors (Lipinski definition) is 2. The molecular weight excluding hydrogens is 320 g/mol. The van der Waals surface area contributed by atoms with E-state index in [-0.39, 0.29) is 0 Å². The van der Waals surface area contributed by atoms with Crippen LogP contribution in [-0.4, -0.2) is 12.9 Å². The van der Waals surface area contributed by atoms with Crippen LogP contribution in [0.2, 0.25) is 0 Å². The van der Waals surface area contributed by atoms with Crippen LogP contribution >= 0.6 is 0 Å². The molecule has 0 aliphatic carbocycles. The van der Waals surface area contributed by atoms with E-state index in [1.165, 1.54) is 0 Å². The highest BCUT2D eigenvalue weighted by atomic mass is 16.5. The number of hydrogen-bond donors (Lipinski definition) is 1. The second kappa shape index (κ2) is 8.67. The van der Waals surface area contributed by atoms with Gasteiger partial charge in [0.1, 0.15) is 11.6 Å². The third-order valence-electron chi connectivity index (χ3n) is 4.02. The Bertz CT molecular complexity index is 869. The Labute approximate surface area is 154 Å². The first-order chi connectivity index (χ1) is 12.8. The Morgan fingerprint density at radius 1 is 0.885 bits per heavy atom. The van der Waals surface area contributed by atoms with Gasteiger partial charge in [-0.05, 0) is 35.4 Å². The zero-order valence-corrected chi connectivity index (χ0v) is 14.9. The van der Waals surface area contributed by atoms with E-state index in [0.717, 1.165) is 34.0 Å². The Morgan fingerprint density at radius 3 is 2.12 bits per heavy atom. The maximum absolute atomic E-state index is 5.23. The van der Waals surface area contributed by atoms with Crippen LogP contribution in [0.4, 0.5) is 5.69 Å². The van der Waals surface area contributed by atoms with Crippen molar-refractivity contribution in [3.63, 3.8) is 0 Å². The molecule has 0 aromatic heterocycles. The number of benzene rings is 3. The van der Waals surface area contributed by atoms with Crippen molar-refractivity contribution in [2.45, 2.75) is 6.54 Å². The third kappa shape index (κ3) is 4.61. The number of ether oxygens (including phenoxy) is 1. The molecule has 0 saturated carbocycles. The summed E-state index contributed by atoms with van der Waals surface area (Å²) in [6, 6.07) is 28.0. The normalized spacial score (nSPS) is 11.0. The zero-order chi connectivity index (χ0) is 18.2. The van der Waals surface area contributed by atoms with Crippen molar-refractivity contribution in [3.8, 4) is 5.75 Å². The van der Waals surface area contributed by atoms with Crippen LogP contribution in [0.25, 0.3) is 5.57 Å². The summed E-state index contributed by atoms with van der Waals surface area (Å²) in [6.07, 6.45) is 0. The fourth-order valence-corrected chi connectivity index (χ4v) is 2.55. The molecule has 0 heterocycles. The quantitative estimate of drug-likeness (QED) is 0.479. The molecule has 3 aromatic rings. The predicted molar refractivity (Wildman–Crippen MR) is 110 cm³/mol. The van der Waals surface area contributed by atoms with Crippen LogP contribution < -0.4 is 10.1 Å². The lowest BCUT2D eigenvalue weighted by atomic mass is 10.1. The minimum atomic E-state index is 0.588.